The first-order valence-corrected chi connectivity index (χ1v) is 7.26. The van der Waals surface area contributed by atoms with Crippen LogP contribution in [-0.2, 0) is 4.79 Å². The molecule has 5 heteroatoms. The van der Waals surface area contributed by atoms with E-state index in [0.717, 1.165) is 37.2 Å². The van der Waals surface area contributed by atoms with Crippen molar-refractivity contribution in [3.63, 3.8) is 0 Å². The fourth-order valence-corrected chi connectivity index (χ4v) is 2.21. The van der Waals surface area contributed by atoms with Crippen LogP contribution in [0.3, 0.4) is 0 Å². The quantitative estimate of drug-likeness (QED) is 0.704. The molecule has 0 amide bonds. The van der Waals surface area contributed by atoms with Gasteiger partial charge in [0.05, 0.1) is 19.2 Å². The Morgan fingerprint density at radius 3 is 2.70 bits per heavy atom. The number of anilines is 1. The van der Waals surface area contributed by atoms with Crippen molar-refractivity contribution in [1.82, 2.24) is 0 Å². The minimum Gasteiger partial charge on any atom is -0.495 e. The Bertz CT molecular complexity index is 437. The highest BCUT2D eigenvalue weighted by Crippen LogP contribution is 2.31. The van der Waals surface area contributed by atoms with Crippen LogP contribution in [0, 0.1) is 0 Å². The van der Waals surface area contributed by atoms with Crippen molar-refractivity contribution in [3.8, 4) is 5.75 Å². The van der Waals surface area contributed by atoms with E-state index in [2.05, 4.69) is 6.92 Å². The van der Waals surface area contributed by atoms with Gasteiger partial charge in [0.1, 0.15) is 5.75 Å². The minimum atomic E-state index is -0.800. The standard InChI is InChI=1S/C15H22ClNO3/c1-3-4-5-9-17(10-8-15(18)19)13-11-12(16)6-7-14(13)20-2/h6-7,11H,3-5,8-10H2,1-2H3,(H,18,19). The van der Waals surface area contributed by atoms with E-state index in [0.29, 0.717) is 11.6 Å². The molecule has 1 aromatic rings. The van der Waals surface area contributed by atoms with Gasteiger partial charge in [-0.15, -0.1) is 0 Å². The number of methoxy groups -OCH3 is 1. The van der Waals surface area contributed by atoms with Gasteiger partial charge in [0.25, 0.3) is 0 Å². The highest BCUT2D eigenvalue weighted by Gasteiger charge is 2.14. The maximum atomic E-state index is 10.8. The largest absolute Gasteiger partial charge is 0.495 e. The van der Waals surface area contributed by atoms with E-state index in [1.165, 1.54) is 0 Å². The highest BCUT2D eigenvalue weighted by molar-refractivity contribution is 6.30. The Kier molecular flexibility index (Phi) is 7.23. The molecule has 1 N–H and O–H groups in total. The molecule has 112 valence electrons. The third kappa shape index (κ3) is 5.29. The lowest BCUT2D eigenvalue weighted by Gasteiger charge is -2.26. The molecule has 1 rings (SSSR count). The Morgan fingerprint density at radius 2 is 2.10 bits per heavy atom. The van der Waals surface area contributed by atoms with E-state index >= 15 is 0 Å². The zero-order valence-corrected chi connectivity index (χ0v) is 12.8. The molecule has 1 aromatic carbocycles. The summed E-state index contributed by atoms with van der Waals surface area (Å²) in [7, 11) is 1.61. The summed E-state index contributed by atoms with van der Waals surface area (Å²) in [6.45, 7) is 3.40. The van der Waals surface area contributed by atoms with Crippen molar-refractivity contribution in [3.05, 3.63) is 23.2 Å². The number of carboxylic acid groups (broad SMARTS) is 1. The molecular weight excluding hydrogens is 278 g/mol. The van der Waals surface area contributed by atoms with Crippen LogP contribution in [0.2, 0.25) is 5.02 Å². The average Bonchev–Trinajstić information content (AvgIpc) is 2.42. The summed E-state index contributed by atoms with van der Waals surface area (Å²) >= 11 is 6.04. The van der Waals surface area contributed by atoms with Crippen LogP contribution in [0.4, 0.5) is 5.69 Å². The predicted molar refractivity (Wildman–Crippen MR) is 82.0 cm³/mol. The van der Waals surface area contributed by atoms with Gasteiger partial charge in [-0.3, -0.25) is 4.79 Å². The second-order valence-corrected chi connectivity index (χ2v) is 5.09. The summed E-state index contributed by atoms with van der Waals surface area (Å²) in [5.74, 6) is -0.0808. The third-order valence-electron chi connectivity index (χ3n) is 3.11. The Hall–Kier alpha value is -1.42. The SMILES string of the molecule is CCCCCN(CCC(=O)O)c1cc(Cl)ccc1OC. The zero-order valence-electron chi connectivity index (χ0n) is 12.1. The molecule has 0 aromatic heterocycles. The van der Waals surface area contributed by atoms with E-state index in [-0.39, 0.29) is 6.42 Å². The summed E-state index contributed by atoms with van der Waals surface area (Å²) in [6, 6.07) is 5.41. The normalized spacial score (nSPS) is 10.3. The molecular formula is C15H22ClNO3. The monoisotopic (exact) mass is 299 g/mol. The van der Waals surface area contributed by atoms with Gasteiger partial charge in [0, 0.05) is 18.1 Å². The summed E-state index contributed by atoms with van der Waals surface area (Å²) < 4.78 is 5.35. The topological polar surface area (TPSA) is 49.8 Å². The fourth-order valence-electron chi connectivity index (χ4n) is 2.05. The first-order chi connectivity index (χ1) is 9.58. The van der Waals surface area contributed by atoms with E-state index in [4.69, 9.17) is 21.4 Å². The van der Waals surface area contributed by atoms with Crippen LogP contribution < -0.4 is 9.64 Å². The lowest BCUT2D eigenvalue weighted by molar-refractivity contribution is -0.136. The molecule has 0 heterocycles. The molecule has 0 aliphatic carbocycles. The number of nitrogens with zero attached hydrogens (tertiary/aromatic N) is 1. The molecule has 4 nitrogen and oxygen atoms in total. The van der Waals surface area contributed by atoms with Gasteiger partial charge >= 0.3 is 5.97 Å². The molecule has 0 spiro atoms. The molecule has 0 radical (unpaired) electrons. The predicted octanol–water partition coefficient (Wildman–Crippen LogP) is 3.82. The van der Waals surface area contributed by atoms with Crippen molar-refractivity contribution in [2.75, 3.05) is 25.1 Å². The maximum Gasteiger partial charge on any atom is 0.305 e. The van der Waals surface area contributed by atoms with Gasteiger partial charge in [-0.05, 0) is 24.6 Å². The van der Waals surface area contributed by atoms with Crippen molar-refractivity contribution in [2.45, 2.75) is 32.6 Å². The molecule has 0 saturated carbocycles. The number of hydrogen-bond donors (Lipinski definition) is 1. The summed E-state index contributed by atoms with van der Waals surface area (Å²) in [6.07, 6.45) is 3.36. The highest BCUT2D eigenvalue weighted by atomic mass is 35.5. The van der Waals surface area contributed by atoms with Crippen LogP contribution in [0.25, 0.3) is 0 Å². The number of unbranched alkanes of at least 4 members (excludes halogenated alkanes) is 2. The first-order valence-electron chi connectivity index (χ1n) is 6.88. The second kappa shape index (κ2) is 8.69. The number of hydrogen-bond acceptors (Lipinski definition) is 3. The number of carboxylic acids is 1. The Morgan fingerprint density at radius 1 is 1.35 bits per heavy atom. The molecule has 0 atom stereocenters. The maximum absolute atomic E-state index is 10.8. The van der Waals surface area contributed by atoms with Crippen molar-refractivity contribution in [1.29, 1.82) is 0 Å². The fraction of sp³-hybridized carbons (Fsp3) is 0.533. The Labute approximate surface area is 125 Å². The second-order valence-electron chi connectivity index (χ2n) is 4.65. The number of ether oxygens (including phenoxy) is 1. The zero-order chi connectivity index (χ0) is 15.0. The molecule has 0 unspecified atom stereocenters. The number of halogens is 1. The molecule has 0 aliphatic heterocycles. The van der Waals surface area contributed by atoms with Crippen LogP contribution in [0.15, 0.2) is 18.2 Å². The summed E-state index contributed by atoms with van der Waals surface area (Å²) in [4.78, 5) is 12.8. The van der Waals surface area contributed by atoms with Crippen molar-refractivity contribution >= 4 is 23.3 Å². The number of rotatable bonds is 9. The van der Waals surface area contributed by atoms with E-state index < -0.39 is 5.97 Å². The molecule has 0 fully saturated rings. The number of benzene rings is 1. The smallest absolute Gasteiger partial charge is 0.305 e. The van der Waals surface area contributed by atoms with E-state index in [9.17, 15) is 4.79 Å². The lowest BCUT2D eigenvalue weighted by Crippen LogP contribution is -2.27. The molecule has 0 bridgehead atoms. The third-order valence-corrected chi connectivity index (χ3v) is 3.34. The van der Waals surface area contributed by atoms with E-state index in [1.54, 1.807) is 13.2 Å². The van der Waals surface area contributed by atoms with Gasteiger partial charge in [0.15, 0.2) is 0 Å². The van der Waals surface area contributed by atoms with Crippen molar-refractivity contribution < 1.29 is 14.6 Å². The molecule has 20 heavy (non-hydrogen) atoms. The van der Waals surface area contributed by atoms with Gasteiger partial charge in [-0.25, -0.2) is 0 Å². The van der Waals surface area contributed by atoms with Gasteiger partial charge < -0.3 is 14.7 Å². The average molecular weight is 300 g/mol. The molecule has 0 aliphatic rings. The number of aliphatic carboxylic acids is 1. The Balaban J connectivity index is 2.89. The molecule has 0 saturated heterocycles. The van der Waals surface area contributed by atoms with Gasteiger partial charge in [-0.1, -0.05) is 31.4 Å². The van der Waals surface area contributed by atoms with Crippen molar-refractivity contribution in [2.24, 2.45) is 0 Å². The first kappa shape index (κ1) is 16.6. The van der Waals surface area contributed by atoms with Crippen LogP contribution in [-0.4, -0.2) is 31.3 Å². The van der Waals surface area contributed by atoms with Crippen LogP contribution >= 0.6 is 11.6 Å². The minimum absolute atomic E-state index is 0.0990. The summed E-state index contributed by atoms with van der Waals surface area (Å²) in [5.41, 5.74) is 0.859. The lowest BCUT2D eigenvalue weighted by atomic mass is 10.2. The van der Waals surface area contributed by atoms with E-state index in [1.807, 2.05) is 17.0 Å². The van der Waals surface area contributed by atoms with Gasteiger partial charge in [-0.2, -0.15) is 0 Å². The van der Waals surface area contributed by atoms with Crippen LogP contribution in [0.1, 0.15) is 32.6 Å². The van der Waals surface area contributed by atoms with Gasteiger partial charge in [0.2, 0.25) is 0 Å². The summed E-state index contributed by atoms with van der Waals surface area (Å²) in [5, 5.41) is 9.50. The number of carbonyl (C=O) groups is 1. The van der Waals surface area contributed by atoms with Crippen LogP contribution in [0.5, 0.6) is 5.75 Å².